The van der Waals surface area contributed by atoms with Crippen LogP contribution in [0.3, 0.4) is 0 Å². The minimum Gasteiger partial charge on any atom is -0.383 e. The highest BCUT2D eigenvalue weighted by Gasteiger charge is 2.21. The van der Waals surface area contributed by atoms with Gasteiger partial charge in [-0.2, -0.15) is 0 Å². The molecule has 0 aliphatic carbocycles. The lowest BCUT2D eigenvalue weighted by Gasteiger charge is -2.16. The Balaban J connectivity index is 0.00000264. The fraction of sp³-hybridized carbons (Fsp3) is 0.500. The number of methoxy groups -OCH3 is 1. The lowest BCUT2D eigenvalue weighted by Crippen LogP contribution is -2.38. The van der Waals surface area contributed by atoms with E-state index < -0.39 is 0 Å². The van der Waals surface area contributed by atoms with E-state index in [9.17, 15) is 4.79 Å². The number of carbonyl (C=O) groups is 1. The molecule has 1 aliphatic rings. The molecule has 0 saturated carbocycles. The fourth-order valence-corrected chi connectivity index (χ4v) is 2.39. The minimum atomic E-state index is 0. The number of nitrogens with zero attached hydrogens (tertiary/aromatic N) is 2. The summed E-state index contributed by atoms with van der Waals surface area (Å²) in [4.78, 5) is 17.7. The van der Waals surface area contributed by atoms with E-state index in [0.29, 0.717) is 26.1 Å². The van der Waals surface area contributed by atoms with Crippen LogP contribution in [0.15, 0.2) is 29.3 Å². The van der Waals surface area contributed by atoms with E-state index in [2.05, 4.69) is 15.6 Å². The maximum atomic E-state index is 11.7. The molecule has 1 fully saturated rings. The van der Waals surface area contributed by atoms with Gasteiger partial charge in [0, 0.05) is 45.9 Å². The summed E-state index contributed by atoms with van der Waals surface area (Å²) >= 11 is 0. The molecule has 6 nitrogen and oxygen atoms in total. The Labute approximate surface area is 154 Å². The number of nitrogens with one attached hydrogen (secondary N) is 2. The normalized spacial score (nSPS) is 14.6. The number of aliphatic imine (C=N–C) groups is 1. The molecule has 1 heterocycles. The second-order valence-electron chi connectivity index (χ2n) is 5.16. The molecule has 0 atom stereocenters. The van der Waals surface area contributed by atoms with Crippen LogP contribution in [0.1, 0.15) is 18.4 Å². The Morgan fingerprint density at radius 3 is 2.61 bits per heavy atom. The monoisotopic (exact) mass is 432 g/mol. The zero-order valence-electron chi connectivity index (χ0n) is 13.7. The van der Waals surface area contributed by atoms with Gasteiger partial charge in [-0.1, -0.05) is 12.1 Å². The molecule has 1 aromatic rings. The van der Waals surface area contributed by atoms with Crippen LogP contribution < -0.4 is 15.5 Å². The molecular weight excluding hydrogens is 407 g/mol. The number of carbonyl (C=O) groups excluding carboxylic acids is 1. The minimum absolute atomic E-state index is 0. The summed E-state index contributed by atoms with van der Waals surface area (Å²) < 4.78 is 4.99. The molecule has 0 aromatic heterocycles. The number of guanidine groups is 1. The fourth-order valence-electron chi connectivity index (χ4n) is 2.39. The third kappa shape index (κ3) is 5.98. The molecule has 1 saturated heterocycles. The first-order valence-corrected chi connectivity index (χ1v) is 7.57. The quantitative estimate of drug-likeness (QED) is 0.311. The summed E-state index contributed by atoms with van der Waals surface area (Å²) in [7, 11) is 3.41. The van der Waals surface area contributed by atoms with Gasteiger partial charge in [0.25, 0.3) is 0 Å². The number of benzene rings is 1. The number of ether oxygens (including phenoxy) is 1. The summed E-state index contributed by atoms with van der Waals surface area (Å²) in [6, 6.07) is 8.08. The van der Waals surface area contributed by atoms with E-state index in [1.807, 2.05) is 29.2 Å². The van der Waals surface area contributed by atoms with Crippen LogP contribution in [0.2, 0.25) is 0 Å². The highest BCUT2D eigenvalue weighted by Crippen LogP contribution is 2.21. The van der Waals surface area contributed by atoms with E-state index >= 15 is 0 Å². The summed E-state index contributed by atoms with van der Waals surface area (Å²) in [5.74, 6) is 0.962. The number of anilines is 1. The van der Waals surface area contributed by atoms with Gasteiger partial charge >= 0.3 is 0 Å². The molecule has 1 amide bonds. The highest BCUT2D eigenvalue weighted by molar-refractivity contribution is 14.0. The van der Waals surface area contributed by atoms with Gasteiger partial charge < -0.3 is 20.3 Å². The molecule has 0 spiro atoms. The lowest BCUT2D eigenvalue weighted by molar-refractivity contribution is -0.117. The van der Waals surface area contributed by atoms with Gasteiger partial charge in [0.2, 0.25) is 5.91 Å². The van der Waals surface area contributed by atoms with Crippen LogP contribution in [-0.4, -0.2) is 45.7 Å². The second kappa shape index (κ2) is 10.4. The van der Waals surface area contributed by atoms with Crippen LogP contribution >= 0.6 is 24.0 Å². The lowest BCUT2D eigenvalue weighted by atomic mass is 10.2. The highest BCUT2D eigenvalue weighted by atomic mass is 127. The maximum absolute atomic E-state index is 11.7. The first-order valence-electron chi connectivity index (χ1n) is 7.57. The average Bonchev–Trinajstić information content (AvgIpc) is 2.97. The van der Waals surface area contributed by atoms with Gasteiger partial charge in [0.1, 0.15) is 0 Å². The van der Waals surface area contributed by atoms with Crippen molar-refractivity contribution >= 4 is 41.5 Å². The Hall–Kier alpha value is -1.35. The number of halogens is 1. The summed E-state index contributed by atoms with van der Waals surface area (Å²) in [5.41, 5.74) is 2.12. The molecule has 23 heavy (non-hydrogen) atoms. The van der Waals surface area contributed by atoms with Gasteiger partial charge in [0.15, 0.2) is 5.96 Å². The van der Waals surface area contributed by atoms with Crippen molar-refractivity contribution in [2.75, 3.05) is 38.8 Å². The van der Waals surface area contributed by atoms with E-state index in [-0.39, 0.29) is 29.9 Å². The number of hydrogen-bond donors (Lipinski definition) is 2. The van der Waals surface area contributed by atoms with E-state index in [1.54, 1.807) is 14.2 Å². The van der Waals surface area contributed by atoms with Crippen LogP contribution in [0, 0.1) is 0 Å². The number of hydrogen-bond acceptors (Lipinski definition) is 3. The smallest absolute Gasteiger partial charge is 0.227 e. The van der Waals surface area contributed by atoms with Crippen LogP contribution in [0.5, 0.6) is 0 Å². The molecular formula is C16H25IN4O2. The SMILES string of the molecule is CN=C(NCCOC)NCc1ccc(N2CCCC2=O)cc1.I. The summed E-state index contributed by atoms with van der Waals surface area (Å²) in [5, 5.41) is 6.41. The van der Waals surface area contributed by atoms with Gasteiger partial charge in [-0.15, -0.1) is 24.0 Å². The molecule has 128 valence electrons. The second-order valence-corrected chi connectivity index (χ2v) is 5.16. The molecule has 2 rings (SSSR count). The van der Waals surface area contributed by atoms with Crippen LogP contribution in [0.25, 0.3) is 0 Å². The molecule has 2 N–H and O–H groups in total. The molecule has 7 heteroatoms. The maximum Gasteiger partial charge on any atom is 0.227 e. The molecule has 1 aromatic carbocycles. The van der Waals surface area contributed by atoms with Gasteiger partial charge in [-0.3, -0.25) is 9.79 Å². The van der Waals surface area contributed by atoms with Crippen molar-refractivity contribution in [3.63, 3.8) is 0 Å². The average molecular weight is 432 g/mol. The van der Waals surface area contributed by atoms with Gasteiger partial charge in [-0.25, -0.2) is 0 Å². The van der Waals surface area contributed by atoms with Gasteiger partial charge in [0.05, 0.1) is 6.61 Å². The Morgan fingerprint density at radius 1 is 1.30 bits per heavy atom. The van der Waals surface area contributed by atoms with Crippen molar-refractivity contribution in [3.05, 3.63) is 29.8 Å². The third-order valence-corrected chi connectivity index (χ3v) is 3.60. The summed E-state index contributed by atoms with van der Waals surface area (Å²) in [6.07, 6.45) is 1.61. The first kappa shape index (κ1) is 19.7. The molecule has 1 aliphatic heterocycles. The third-order valence-electron chi connectivity index (χ3n) is 3.60. The topological polar surface area (TPSA) is 66.0 Å². The first-order chi connectivity index (χ1) is 10.7. The zero-order valence-corrected chi connectivity index (χ0v) is 16.0. The van der Waals surface area contributed by atoms with Crippen molar-refractivity contribution in [2.24, 2.45) is 4.99 Å². The predicted octanol–water partition coefficient (Wildman–Crippen LogP) is 1.74. The Bertz CT molecular complexity index is 519. The van der Waals surface area contributed by atoms with E-state index in [4.69, 9.17) is 4.74 Å². The van der Waals surface area contributed by atoms with Gasteiger partial charge in [-0.05, 0) is 24.1 Å². The number of rotatable bonds is 6. The Morgan fingerprint density at radius 2 is 2.04 bits per heavy atom. The number of amides is 1. The van der Waals surface area contributed by atoms with E-state index in [0.717, 1.165) is 30.2 Å². The van der Waals surface area contributed by atoms with Crippen molar-refractivity contribution < 1.29 is 9.53 Å². The van der Waals surface area contributed by atoms with Crippen LogP contribution in [-0.2, 0) is 16.1 Å². The Kier molecular flexibility index (Phi) is 8.93. The van der Waals surface area contributed by atoms with Crippen LogP contribution in [0.4, 0.5) is 5.69 Å². The standard InChI is InChI=1S/C16H24N4O2.HI/c1-17-16(18-9-11-22-2)19-12-13-5-7-14(8-6-13)20-10-3-4-15(20)21;/h5-8H,3-4,9-12H2,1-2H3,(H2,17,18,19);1H. The van der Waals surface area contributed by atoms with Crippen molar-refractivity contribution in [1.29, 1.82) is 0 Å². The van der Waals surface area contributed by atoms with E-state index in [1.165, 1.54) is 0 Å². The van der Waals surface area contributed by atoms with Crippen molar-refractivity contribution in [1.82, 2.24) is 10.6 Å². The molecule has 0 unspecified atom stereocenters. The van der Waals surface area contributed by atoms with Crippen molar-refractivity contribution in [3.8, 4) is 0 Å². The zero-order chi connectivity index (χ0) is 15.8. The van der Waals surface area contributed by atoms with Crippen molar-refractivity contribution in [2.45, 2.75) is 19.4 Å². The largest absolute Gasteiger partial charge is 0.383 e. The predicted molar refractivity (Wildman–Crippen MR) is 104 cm³/mol. The molecule has 0 radical (unpaired) electrons. The molecule has 0 bridgehead atoms. The summed E-state index contributed by atoms with van der Waals surface area (Å²) in [6.45, 7) is 2.86.